The number of ether oxygens (including phenoxy) is 3. The summed E-state index contributed by atoms with van der Waals surface area (Å²) in [5, 5.41) is 0. The molecular weight excluding hydrogens is 586 g/mol. The van der Waals surface area contributed by atoms with E-state index in [0.29, 0.717) is 12.5 Å². The molecule has 43 heavy (non-hydrogen) atoms. The van der Waals surface area contributed by atoms with Gasteiger partial charge in [-0.2, -0.15) is 21.6 Å². The standard InChI is InChI=1S/C24H19B6F3O9S/c1-23(20(34)40-17(24(31,32)33)10-43(37,38)39,22(36)42-19-14(9-28)4-15(29)5-16(19)30)21(35)41-18-12(7-26)2-11(6-25)3-13(18)8-27/h2-5,17H,6-10H2,1H3,(H,37,38,39). The number of alkyl halides is 3. The second kappa shape index (κ2) is 14.1. The smallest absolute Gasteiger partial charge is 0.426 e. The first-order chi connectivity index (χ1) is 19.8. The molecule has 0 saturated heterocycles. The number of hydrogen-bond donors (Lipinski definition) is 1. The van der Waals surface area contributed by atoms with Gasteiger partial charge in [-0.3, -0.25) is 9.35 Å². The Kier molecular flexibility index (Phi) is 11.9. The Balaban J connectivity index is 2.70. The number of carbonyl (C=O) groups excluding carboxylic acids is 3. The van der Waals surface area contributed by atoms with Crippen LogP contribution in [0.15, 0.2) is 24.3 Å². The Labute approximate surface area is 254 Å². The monoisotopic (exact) mass is 606 g/mol. The van der Waals surface area contributed by atoms with E-state index in [4.69, 9.17) is 61.1 Å². The molecule has 0 aliphatic rings. The first-order valence-electron chi connectivity index (χ1n) is 12.1. The molecule has 0 saturated carbocycles. The van der Waals surface area contributed by atoms with Crippen molar-refractivity contribution in [2.24, 2.45) is 5.41 Å². The lowest BCUT2D eigenvalue weighted by Crippen LogP contribution is -2.52. The summed E-state index contributed by atoms with van der Waals surface area (Å²) in [4.78, 5) is 40.3. The van der Waals surface area contributed by atoms with Crippen LogP contribution in [0.4, 0.5) is 13.2 Å². The number of esters is 3. The quantitative estimate of drug-likeness (QED) is 0.105. The normalized spacial score (nSPS) is 13.9. The fourth-order valence-electron chi connectivity index (χ4n) is 3.67. The molecule has 0 amide bonds. The number of halogens is 3. The van der Waals surface area contributed by atoms with Gasteiger partial charge in [0.05, 0.1) is 31.4 Å². The van der Waals surface area contributed by atoms with E-state index in [0.717, 1.165) is 6.07 Å². The second-order valence-corrected chi connectivity index (χ2v) is 10.7. The van der Waals surface area contributed by atoms with E-state index in [1.807, 2.05) is 0 Å². The van der Waals surface area contributed by atoms with Crippen molar-refractivity contribution in [1.29, 1.82) is 0 Å². The van der Waals surface area contributed by atoms with E-state index in [-0.39, 0.29) is 58.6 Å². The third kappa shape index (κ3) is 8.75. The lowest BCUT2D eigenvalue weighted by Gasteiger charge is -2.28. The molecule has 2 unspecified atom stereocenters. The van der Waals surface area contributed by atoms with E-state index < -0.39 is 57.2 Å². The zero-order chi connectivity index (χ0) is 32.9. The van der Waals surface area contributed by atoms with Gasteiger partial charge in [0.25, 0.3) is 15.5 Å². The molecule has 2 aromatic carbocycles. The molecule has 0 aliphatic carbocycles. The van der Waals surface area contributed by atoms with E-state index in [1.54, 1.807) is 0 Å². The summed E-state index contributed by atoms with van der Waals surface area (Å²) < 4.78 is 86.9. The lowest BCUT2D eigenvalue weighted by molar-refractivity contribution is -0.222. The van der Waals surface area contributed by atoms with Crippen molar-refractivity contribution in [2.45, 2.75) is 44.5 Å². The SMILES string of the molecule is [B]Cc1cc(C[B])c(OC(=O)C(C)(C(=O)Oc2c([B])cc([B])cc2C[B])C(=O)OC(CS(=O)(=O)O)C(F)(F)F)c(C[B])c1. The fourth-order valence-corrected chi connectivity index (χ4v) is 4.31. The minimum absolute atomic E-state index is 0.00249. The van der Waals surface area contributed by atoms with Crippen LogP contribution in [0.5, 0.6) is 11.5 Å². The summed E-state index contributed by atoms with van der Waals surface area (Å²) in [5.74, 6) is -8.92. The molecule has 0 aromatic heterocycles. The molecule has 2 atom stereocenters. The van der Waals surface area contributed by atoms with Crippen LogP contribution in [0.1, 0.15) is 29.2 Å². The molecule has 0 fully saturated rings. The summed E-state index contributed by atoms with van der Waals surface area (Å²) in [6, 6.07) is 5.20. The average molecular weight is 605 g/mol. The molecule has 9 nitrogen and oxygen atoms in total. The van der Waals surface area contributed by atoms with E-state index in [1.165, 1.54) is 18.2 Å². The average Bonchev–Trinajstić information content (AvgIpc) is 2.91. The molecule has 0 aliphatic heterocycles. The van der Waals surface area contributed by atoms with Gasteiger partial charge in [-0.25, -0.2) is 9.59 Å². The van der Waals surface area contributed by atoms with Gasteiger partial charge >= 0.3 is 24.1 Å². The summed E-state index contributed by atoms with van der Waals surface area (Å²) in [6.45, 7) is 0.509. The first-order valence-corrected chi connectivity index (χ1v) is 13.7. The van der Waals surface area contributed by atoms with Crippen LogP contribution in [0.25, 0.3) is 0 Å². The van der Waals surface area contributed by atoms with Gasteiger partial charge in [0.15, 0.2) is 0 Å². The first kappa shape index (κ1) is 36.1. The van der Waals surface area contributed by atoms with Gasteiger partial charge in [-0.1, -0.05) is 66.0 Å². The largest absolute Gasteiger partial charge is 0.450 e. The molecule has 19 heteroatoms. The van der Waals surface area contributed by atoms with E-state index >= 15 is 0 Å². The molecule has 2 rings (SSSR count). The van der Waals surface area contributed by atoms with Gasteiger partial charge in [-0.15, -0.1) is 0 Å². The highest BCUT2D eigenvalue weighted by molar-refractivity contribution is 7.85. The third-order valence-corrected chi connectivity index (χ3v) is 6.73. The van der Waals surface area contributed by atoms with Crippen LogP contribution < -0.4 is 20.4 Å². The predicted octanol–water partition coefficient (Wildman–Crippen LogP) is -1.17. The number of hydrogen-bond acceptors (Lipinski definition) is 8. The summed E-state index contributed by atoms with van der Waals surface area (Å²) in [5.41, 5.74) is -2.85. The van der Waals surface area contributed by atoms with Gasteiger partial charge in [0.2, 0.25) is 6.10 Å². The number of rotatable bonds is 12. The van der Waals surface area contributed by atoms with E-state index in [9.17, 15) is 36.0 Å². The van der Waals surface area contributed by atoms with Gasteiger partial charge < -0.3 is 14.2 Å². The van der Waals surface area contributed by atoms with Crippen molar-refractivity contribution in [3.8, 4) is 11.5 Å². The Morgan fingerprint density at radius 3 is 1.70 bits per heavy atom. The maximum absolute atomic E-state index is 13.6. The van der Waals surface area contributed by atoms with Crippen molar-refractivity contribution < 1.29 is 54.7 Å². The van der Waals surface area contributed by atoms with Crippen LogP contribution in [0.2, 0.25) is 0 Å². The van der Waals surface area contributed by atoms with Crippen LogP contribution in [-0.2, 0) is 54.5 Å². The van der Waals surface area contributed by atoms with Gasteiger partial charge in [0, 0.05) is 0 Å². The second-order valence-electron chi connectivity index (χ2n) is 9.25. The molecular formula is C24H19B6F3O9S. The van der Waals surface area contributed by atoms with Crippen LogP contribution in [0.3, 0.4) is 0 Å². The van der Waals surface area contributed by atoms with Crippen LogP contribution in [0, 0.1) is 5.41 Å². The minimum Gasteiger partial charge on any atom is -0.450 e. The maximum Gasteiger partial charge on any atom is 0.426 e. The van der Waals surface area contributed by atoms with Gasteiger partial charge in [-0.05, 0) is 23.6 Å². The number of carbonyl (C=O) groups is 3. The molecule has 1 N–H and O–H groups in total. The predicted molar refractivity (Wildman–Crippen MR) is 153 cm³/mol. The lowest BCUT2D eigenvalue weighted by atomic mass is 9.81. The fraction of sp³-hybridized carbons (Fsp3) is 0.375. The highest BCUT2D eigenvalue weighted by Gasteiger charge is 2.57. The van der Waals surface area contributed by atoms with Crippen molar-refractivity contribution in [3.63, 3.8) is 0 Å². The Hall–Kier alpha value is -3.06. The van der Waals surface area contributed by atoms with Crippen LogP contribution >= 0.6 is 0 Å². The minimum atomic E-state index is -5.58. The molecule has 0 bridgehead atoms. The van der Waals surface area contributed by atoms with Crippen LogP contribution in [-0.4, -0.2) is 96.0 Å². The third-order valence-electron chi connectivity index (χ3n) is 6.01. The van der Waals surface area contributed by atoms with Gasteiger partial charge in [0.1, 0.15) is 32.9 Å². The Morgan fingerprint density at radius 2 is 1.28 bits per heavy atom. The maximum atomic E-state index is 13.6. The van der Waals surface area contributed by atoms with Crippen molar-refractivity contribution in [1.82, 2.24) is 0 Å². The highest BCUT2D eigenvalue weighted by Crippen LogP contribution is 2.33. The van der Waals surface area contributed by atoms with Crippen molar-refractivity contribution >= 4 is 86.0 Å². The topological polar surface area (TPSA) is 133 Å². The summed E-state index contributed by atoms with van der Waals surface area (Å²) >= 11 is 0. The van der Waals surface area contributed by atoms with E-state index in [2.05, 4.69) is 4.74 Å². The Morgan fingerprint density at radius 1 is 0.814 bits per heavy atom. The molecule has 0 heterocycles. The zero-order valence-corrected chi connectivity index (χ0v) is 23.5. The highest BCUT2D eigenvalue weighted by atomic mass is 32.2. The van der Waals surface area contributed by atoms with Crippen molar-refractivity contribution in [2.75, 3.05) is 5.75 Å². The summed E-state index contributed by atoms with van der Waals surface area (Å²) in [7, 11) is 28.9. The molecule has 12 radical (unpaired) electrons. The summed E-state index contributed by atoms with van der Waals surface area (Å²) in [6.07, 6.45) is -9.96. The molecule has 2 aromatic rings. The Bertz CT molecular complexity index is 1480. The molecule has 0 spiro atoms. The molecule has 214 valence electrons. The zero-order valence-electron chi connectivity index (χ0n) is 22.6. The van der Waals surface area contributed by atoms with Crippen molar-refractivity contribution in [3.05, 3.63) is 46.5 Å². The number of benzene rings is 2.